The third-order valence-electron chi connectivity index (χ3n) is 9.44. The summed E-state index contributed by atoms with van der Waals surface area (Å²) >= 11 is 0. The van der Waals surface area contributed by atoms with Gasteiger partial charge in [0.2, 0.25) is 0 Å². The predicted octanol–water partition coefficient (Wildman–Crippen LogP) is 7.87. The Labute approximate surface area is 257 Å². The second-order valence-corrected chi connectivity index (χ2v) is 30.4. The van der Waals surface area contributed by atoms with Gasteiger partial charge in [-0.05, 0) is 78.9 Å². The number of hydrogen-bond donors (Lipinski definition) is 0. The second kappa shape index (κ2) is 12.7. The minimum Gasteiger partial charge on any atom is -0.413 e. The lowest BCUT2D eigenvalue weighted by molar-refractivity contribution is 0.206. The molecular formula is C31H56N4O4Si3. The van der Waals surface area contributed by atoms with E-state index in [1.807, 2.05) is 13.0 Å². The molecule has 0 amide bonds. The summed E-state index contributed by atoms with van der Waals surface area (Å²) in [5, 5.41) is 0.182. The smallest absolute Gasteiger partial charge is 0.352 e. The number of imidazole rings is 1. The largest absolute Gasteiger partial charge is 0.413 e. The van der Waals surface area contributed by atoms with Crippen LogP contribution in [-0.4, -0.2) is 50.7 Å². The lowest BCUT2D eigenvalue weighted by atomic mass is 10.2. The number of aromatic nitrogens is 4. The fraction of sp³-hybridized carbons (Fsp3) is 0.710. The van der Waals surface area contributed by atoms with Crippen LogP contribution in [0.25, 0.3) is 11.2 Å². The topological polar surface area (TPSA) is 80.4 Å². The fourth-order valence-electron chi connectivity index (χ4n) is 3.05. The third-order valence-corrected chi connectivity index (χ3v) is 22.8. The number of hydrogen-bond acceptors (Lipinski definition) is 6. The van der Waals surface area contributed by atoms with Crippen LogP contribution in [-0.2, 0) is 26.7 Å². The van der Waals surface area contributed by atoms with Crippen molar-refractivity contribution < 1.29 is 13.3 Å². The summed E-state index contributed by atoms with van der Waals surface area (Å²) in [4.78, 5) is 22.5. The first kappa shape index (κ1) is 36.4. The van der Waals surface area contributed by atoms with Crippen LogP contribution in [0.5, 0.6) is 0 Å². The van der Waals surface area contributed by atoms with E-state index in [0.29, 0.717) is 23.5 Å². The van der Waals surface area contributed by atoms with Crippen LogP contribution in [0.2, 0.25) is 54.4 Å². The molecule has 0 unspecified atom stereocenters. The molecule has 0 atom stereocenters. The highest BCUT2D eigenvalue weighted by molar-refractivity contribution is 6.74. The summed E-state index contributed by atoms with van der Waals surface area (Å²) in [5.41, 5.74) is 2.12. The Morgan fingerprint density at radius 2 is 1.31 bits per heavy atom. The molecule has 11 heteroatoms. The lowest BCUT2D eigenvalue weighted by Crippen LogP contribution is -2.42. The van der Waals surface area contributed by atoms with Gasteiger partial charge in [-0.2, -0.15) is 4.98 Å². The summed E-state index contributed by atoms with van der Waals surface area (Å²) in [5.74, 6) is 6.39. The molecule has 0 N–H and O–H groups in total. The van der Waals surface area contributed by atoms with Gasteiger partial charge in [0.1, 0.15) is 24.7 Å². The average Bonchev–Trinajstić information content (AvgIpc) is 3.21. The van der Waals surface area contributed by atoms with Crippen LogP contribution in [0, 0.1) is 11.8 Å². The van der Waals surface area contributed by atoms with E-state index < -0.39 is 30.6 Å². The highest BCUT2D eigenvalue weighted by Crippen LogP contribution is 2.38. The van der Waals surface area contributed by atoms with Crippen molar-refractivity contribution in [2.24, 2.45) is 0 Å². The minimum atomic E-state index is -2.14. The van der Waals surface area contributed by atoms with E-state index >= 15 is 0 Å². The molecule has 42 heavy (non-hydrogen) atoms. The van der Waals surface area contributed by atoms with Gasteiger partial charge in [0, 0.05) is 0 Å². The molecule has 0 aliphatic heterocycles. The quantitative estimate of drug-likeness (QED) is 0.207. The average molecular weight is 633 g/mol. The van der Waals surface area contributed by atoms with Gasteiger partial charge in [0.25, 0.3) is 0 Å². The molecule has 0 aliphatic rings. The second-order valence-electron chi connectivity index (χ2n) is 15.9. The maximum absolute atomic E-state index is 13.5. The number of rotatable bonds is 9. The van der Waals surface area contributed by atoms with Crippen molar-refractivity contribution in [1.29, 1.82) is 0 Å². The highest BCUT2D eigenvalue weighted by atomic mass is 28.4. The van der Waals surface area contributed by atoms with E-state index in [0.717, 1.165) is 5.57 Å². The van der Waals surface area contributed by atoms with Gasteiger partial charge >= 0.3 is 5.69 Å². The van der Waals surface area contributed by atoms with Crippen molar-refractivity contribution in [1.82, 2.24) is 19.1 Å². The summed E-state index contributed by atoms with van der Waals surface area (Å²) in [6.07, 6.45) is 3.54. The molecule has 0 fully saturated rings. The molecule has 2 heterocycles. The first-order chi connectivity index (χ1) is 18.8. The molecule has 236 valence electrons. The molecule has 0 spiro atoms. The van der Waals surface area contributed by atoms with Crippen LogP contribution in [0.1, 0.15) is 74.9 Å². The van der Waals surface area contributed by atoms with Crippen LogP contribution in [0.3, 0.4) is 0 Å². The van der Waals surface area contributed by atoms with Crippen molar-refractivity contribution in [2.45, 2.75) is 137 Å². The van der Waals surface area contributed by atoms with Crippen LogP contribution in [0.4, 0.5) is 0 Å². The number of allylic oxidation sites excluding steroid dienone is 1. The number of nitrogens with zero attached hydrogens (tertiary/aromatic N) is 4. The number of fused-ring (bicyclic) bond motifs is 1. The zero-order valence-electron chi connectivity index (χ0n) is 29.2. The van der Waals surface area contributed by atoms with Gasteiger partial charge in [-0.25, -0.2) is 9.78 Å². The molecular weight excluding hydrogens is 577 g/mol. The SMILES string of the molecule is C/C(=C\C#Cc1c2ncn(CO[Si](C)(C)C(C)(C)C)c2nc(=O)n1CO[Si](C)(C)C(C)(C)C)CO[Si](C)(C)C(C)(C)C. The zero-order valence-corrected chi connectivity index (χ0v) is 32.2. The Morgan fingerprint density at radius 3 is 1.81 bits per heavy atom. The van der Waals surface area contributed by atoms with E-state index in [1.165, 1.54) is 4.57 Å². The van der Waals surface area contributed by atoms with E-state index in [-0.39, 0.29) is 28.6 Å². The van der Waals surface area contributed by atoms with Crippen molar-refractivity contribution in [2.75, 3.05) is 6.61 Å². The van der Waals surface area contributed by atoms with Crippen molar-refractivity contribution in [3.63, 3.8) is 0 Å². The first-order valence-corrected chi connectivity index (χ1v) is 23.6. The summed E-state index contributed by atoms with van der Waals surface area (Å²) in [7, 11) is -6.04. The van der Waals surface area contributed by atoms with E-state index in [4.69, 9.17) is 13.3 Å². The zero-order chi connectivity index (χ0) is 32.5. The van der Waals surface area contributed by atoms with E-state index in [9.17, 15) is 4.79 Å². The summed E-state index contributed by atoms with van der Waals surface area (Å²) < 4.78 is 22.5. The van der Waals surface area contributed by atoms with Gasteiger partial charge in [-0.1, -0.05) is 68.2 Å². The molecule has 0 aromatic carbocycles. The van der Waals surface area contributed by atoms with Gasteiger partial charge < -0.3 is 13.3 Å². The predicted molar refractivity (Wildman–Crippen MR) is 182 cm³/mol. The van der Waals surface area contributed by atoms with Gasteiger partial charge in [-0.3, -0.25) is 9.13 Å². The van der Waals surface area contributed by atoms with Gasteiger partial charge in [-0.15, -0.1) is 0 Å². The standard InChI is InChI=1S/C31H56N4O4Si3/c1-24(20-37-40(11,12)29(2,3)4)18-17-19-25-26-27(34(21-32-26)22-38-41(13,14)30(5,6)7)33-28(36)35(25)23-39-42(15,16)31(8,9)10/h18,21H,20,22-23H2,1-16H3/b24-18+. The lowest BCUT2D eigenvalue weighted by Gasteiger charge is -2.36. The summed E-state index contributed by atoms with van der Waals surface area (Å²) in [6.45, 7) is 35.9. The van der Waals surface area contributed by atoms with Crippen molar-refractivity contribution in [3.05, 3.63) is 34.2 Å². The fourth-order valence-corrected chi connectivity index (χ4v) is 5.85. The minimum absolute atomic E-state index is 0.00730. The molecule has 0 bridgehead atoms. The summed E-state index contributed by atoms with van der Waals surface area (Å²) in [6, 6.07) is 0. The van der Waals surface area contributed by atoms with Gasteiger partial charge in [0.05, 0.1) is 12.9 Å². The molecule has 2 aromatic rings. The molecule has 0 saturated carbocycles. The van der Waals surface area contributed by atoms with E-state index in [2.05, 4.69) is 123 Å². The van der Waals surface area contributed by atoms with Crippen LogP contribution in [0.15, 0.2) is 22.8 Å². The Hall–Kier alpha value is -1.82. The monoisotopic (exact) mass is 632 g/mol. The molecule has 0 radical (unpaired) electrons. The van der Waals surface area contributed by atoms with Crippen LogP contribution < -0.4 is 5.69 Å². The van der Waals surface area contributed by atoms with Crippen LogP contribution >= 0.6 is 0 Å². The normalized spacial score (nSPS) is 14.3. The molecule has 0 aliphatic carbocycles. The maximum Gasteiger partial charge on any atom is 0.352 e. The van der Waals surface area contributed by atoms with Crippen molar-refractivity contribution >= 4 is 36.1 Å². The molecule has 2 rings (SSSR count). The van der Waals surface area contributed by atoms with Crippen molar-refractivity contribution in [3.8, 4) is 11.8 Å². The Balaban J connectivity index is 2.54. The van der Waals surface area contributed by atoms with E-state index in [1.54, 1.807) is 10.9 Å². The van der Waals surface area contributed by atoms with Gasteiger partial charge in [0.15, 0.2) is 30.6 Å². The Bertz CT molecular complexity index is 1410. The Morgan fingerprint density at radius 1 is 0.833 bits per heavy atom. The third kappa shape index (κ3) is 8.64. The Kier molecular flexibility index (Phi) is 11.0. The maximum atomic E-state index is 13.5. The first-order valence-electron chi connectivity index (χ1n) is 14.9. The molecule has 2 aromatic heterocycles. The highest BCUT2D eigenvalue weighted by Gasteiger charge is 2.39. The molecule has 0 saturated heterocycles. The molecule has 8 nitrogen and oxygen atoms in total.